The molecular formula is C26H23N4O5+. The molecule has 1 saturated heterocycles. The number of aromatic nitrogens is 3. The lowest BCUT2D eigenvalue weighted by Crippen LogP contribution is -2.61. The average Bonchev–Trinajstić information content (AvgIpc) is 3.46. The summed E-state index contributed by atoms with van der Waals surface area (Å²) in [5.74, 6) is -2.25. The second-order valence-electron chi connectivity index (χ2n) is 9.42. The number of carboxylic acids is 1. The molecule has 1 aromatic heterocycles. The van der Waals surface area contributed by atoms with E-state index in [2.05, 4.69) is 5.10 Å². The smallest absolute Gasteiger partial charge is 0.352 e. The number of carbonyl (C=O) groups excluding carboxylic acids is 2. The molecule has 1 aliphatic carbocycles. The van der Waals surface area contributed by atoms with Crippen molar-refractivity contribution in [2.24, 2.45) is 13.0 Å². The Kier molecular flexibility index (Phi) is 4.56. The molecule has 6 rings (SSSR count). The van der Waals surface area contributed by atoms with Crippen molar-refractivity contribution in [3.8, 4) is 11.1 Å². The van der Waals surface area contributed by atoms with E-state index in [9.17, 15) is 24.6 Å². The number of β-lactam (4-membered cyclic amide) rings is 1. The van der Waals surface area contributed by atoms with Gasteiger partial charge in [0.25, 0.3) is 6.33 Å². The van der Waals surface area contributed by atoms with Crippen LogP contribution in [0.1, 0.15) is 40.4 Å². The van der Waals surface area contributed by atoms with E-state index in [0.29, 0.717) is 35.2 Å². The van der Waals surface area contributed by atoms with Gasteiger partial charge in [0.1, 0.15) is 12.2 Å². The van der Waals surface area contributed by atoms with Crippen molar-refractivity contribution in [1.82, 2.24) is 14.7 Å². The summed E-state index contributed by atoms with van der Waals surface area (Å²) in [7, 11) is 1.85. The fourth-order valence-electron chi connectivity index (χ4n) is 5.73. The second-order valence-corrected chi connectivity index (χ2v) is 9.42. The van der Waals surface area contributed by atoms with Gasteiger partial charge in [0, 0.05) is 21.8 Å². The molecule has 3 aliphatic rings. The Morgan fingerprint density at radius 2 is 1.94 bits per heavy atom. The predicted octanol–water partition coefficient (Wildman–Crippen LogP) is 1.37. The number of rotatable bonds is 5. The largest absolute Gasteiger partial charge is 0.477 e. The van der Waals surface area contributed by atoms with E-state index >= 15 is 0 Å². The number of ketones is 1. The molecule has 3 atom stereocenters. The lowest BCUT2D eigenvalue weighted by molar-refractivity contribution is -0.672. The minimum Gasteiger partial charge on any atom is -0.477 e. The number of aliphatic hydroxyl groups excluding tert-OH is 1. The monoisotopic (exact) mass is 471 g/mol. The molecule has 3 heterocycles. The number of aryl methyl sites for hydroxylation is 1. The Bertz CT molecular complexity index is 1480. The van der Waals surface area contributed by atoms with Crippen molar-refractivity contribution in [2.45, 2.75) is 32.0 Å². The fourth-order valence-corrected chi connectivity index (χ4v) is 5.73. The fraction of sp³-hybridized carbons (Fsp3) is 0.269. The van der Waals surface area contributed by atoms with E-state index in [1.807, 2.05) is 37.4 Å². The number of amides is 1. The molecule has 9 nitrogen and oxygen atoms in total. The highest BCUT2D eigenvalue weighted by atomic mass is 16.4. The van der Waals surface area contributed by atoms with Crippen LogP contribution in [0.2, 0.25) is 0 Å². The van der Waals surface area contributed by atoms with Crippen LogP contribution in [0.5, 0.6) is 0 Å². The van der Waals surface area contributed by atoms with Gasteiger partial charge in [0.05, 0.1) is 25.1 Å². The maximum Gasteiger partial charge on any atom is 0.352 e. The van der Waals surface area contributed by atoms with Crippen LogP contribution in [0.4, 0.5) is 0 Å². The van der Waals surface area contributed by atoms with Crippen LogP contribution in [0.25, 0.3) is 16.7 Å². The van der Waals surface area contributed by atoms with Gasteiger partial charge in [-0.2, -0.15) is 0 Å². The van der Waals surface area contributed by atoms with E-state index in [1.54, 1.807) is 34.9 Å². The Hall–Kier alpha value is -4.11. The number of hydrogen-bond acceptors (Lipinski definition) is 5. The molecule has 0 unspecified atom stereocenters. The van der Waals surface area contributed by atoms with Gasteiger partial charge in [-0.1, -0.05) is 24.3 Å². The second kappa shape index (κ2) is 7.44. The van der Waals surface area contributed by atoms with Crippen molar-refractivity contribution >= 4 is 23.2 Å². The lowest BCUT2D eigenvalue weighted by Gasteiger charge is -2.44. The van der Waals surface area contributed by atoms with Gasteiger partial charge in [-0.3, -0.25) is 9.59 Å². The number of carboxylic acid groups (broad SMARTS) is 1. The van der Waals surface area contributed by atoms with Gasteiger partial charge >= 0.3 is 5.97 Å². The van der Waals surface area contributed by atoms with Gasteiger partial charge in [0.2, 0.25) is 12.2 Å². The Balaban J connectivity index is 1.54. The molecule has 2 aliphatic heterocycles. The van der Waals surface area contributed by atoms with E-state index in [-0.39, 0.29) is 23.4 Å². The van der Waals surface area contributed by atoms with Crippen molar-refractivity contribution in [3.05, 3.63) is 77.0 Å². The quantitative estimate of drug-likeness (QED) is 0.336. The average molecular weight is 471 g/mol. The van der Waals surface area contributed by atoms with Gasteiger partial charge in [-0.15, -0.1) is 4.68 Å². The van der Waals surface area contributed by atoms with Crippen molar-refractivity contribution < 1.29 is 29.2 Å². The predicted molar refractivity (Wildman–Crippen MR) is 123 cm³/mol. The zero-order valence-corrected chi connectivity index (χ0v) is 19.2. The number of carbonyl (C=O) groups is 3. The maximum absolute atomic E-state index is 13.4. The van der Waals surface area contributed by atoms with E-state index in [4.69, 9.17) is 0 Å². The molecule has 2 aromatic carbocycles. The molecule has 1 fully saturated rings. The highest BCUT2D eigenvalue weighted by Gasteiger charge is 2.56. The summed E-state index contributed by atoms with van der Waals surface area (Å²) in [6, 6.07) is 10.7. The molecule has 1 amide bonds. The molecule has 0 spiro atoms. The SMILES string of the molecule is C[C@@H](O)[C@H]1C(=O)N2C(C(=O)O)=C(c3cc(Cn4c[n+](C)cn4)c4c(c3)-c3ccccc3C4=O)C[C@H]12. The Morgan fingerprint density at radius 3 is 2.60 bits per heavy atom. The van der Waals surface area contributed by atoms with Crippen LogP contribution in [-0.4, -0.2) is 54.7 Å². The molecule has 0 saturated carbocycles. The lowest BCUT2D eigenvalue weighted by atomic mass is 9.82. The highest BCUT2D eigenvalue weighted by Crippen LogP contribution is 2.48. The van der Waals surface area contributed by atoms with Crippen LogP contribution in [0.3, 0.4) is 0 Å². The number of nitrogens with zero attached hydrogens (tertiary/aromatic N) is 4. The van der Waals surface area contributed by atoms with Gasteiger partial charge < -0.3 is 15.1 Å². The van der Waals surface area contributed by atoms with Crippen molar-refractivity contribution in [1.29, 1.82) is 0 Å². The zero-order valence-electron chi connectivity index (χ0n) is 19.2. The van der Waals surface area contributed by atoms with Crippen molar-refractivity contribution in [2.75, 3.05) is 0 Å². The molecule has 0 radical (unpaired) electrons. The molecule has 2 N–H and O–H groups in total. The third-order valence-corrected chi connectivity index (χ3v) is 7.22. The number of aliphatic carboxylic acids is 1. The Morgan fingerprint density at radius 1 is 1.20 bits per heavy atom. The molecule has 3 aromatic rings. The summed E-state index contributed by atoms with van der Waals surface area (Å²) >= 11 is 0. The third kappa shape index (κ3) is 3.01. The van der Waals surface area contributed by atoms with Crippen LogP contribution in [0.15, 0.2) is 54.7 Å². The summed E-state index contributed by atoms with van der Waals surface area (Å²) in [5, 5.41) is 24.4. The summed E-state index contributed by atoms with van der Waals surface area (Å²) in [6.45, 7) is 1.88. The van der Waals surface area contributed by atoms with Crippen LogP contribution in [-0.2, 0) is 23.2 Å². The summed E-state index contributed by atoms with van der Waals surface area (Å²) in [5.41, 5.74) is 4.62. The molecule has 9 heteroatoms. The van der Waals surface area contributed by atoms with Crippen LogP contribution >= 0.6 is 0 Å². The maximum atomic E-state index is 13.4. The summed E-state index contributed by atoms with van der Waals surface area (Å²) in [4.78, 5) is 39.6. The molecule has 0 bridgehead atoms. The highest BCUT2D eigenvalue weighted by molar-refractivity contribution is 6.23. The van der Waals surface area contributed by atoms with Gasteiger partial charge in [-0.05, 0) is 47.7 Å². The number of aliphatic hydroxyl groups is 1. The first kappa shape index (κ1) is 21.4. The number of hydrogen-bond donors (Lipinski definition) is 2. The third-order valence-electron chi connectivity index (χ3n) is 7.22. The molecule has 35 heavy (non-hydrogen) atoms. The minimum absolute atomic E-state index is 0.0501. The Labute approximate surface area is 200 Å². The first-order chi connectivity index (χ1) is 16.8. The minimum atomic E-state index is -1.18. The van der Waals surface area contributed by atoms with Crippen LogP contribution in [0, 0.1) is 5.92 Å². The molecular weight excluding hydrogens is 448 g/mol. The number of fused-ring (bicyclic) bond motifs is 4. The number of benzene rings is 2. The molecule has 176 valence electrons. The zero-order chi connectivity index (χ0) is 24.6. The van der Waals surface area contributed by atoms with E-state index < -0.39 is 18.0 Å². The topological polar surface area (TPSA) is 117 Å². The van der Waals surface area contributed by atoms with Gasteiger partial charge in [-0.25, -0.2) is 9.36 Å². The summed E-state index contributed by atoms with van der Waals surface area (Å²) in [6.07, 6.45) is 2.93. The van der Waals surface area contributed by atoms with Gasteiger partial charge in [0.15, 0.2) is 5.78 Å². The van der Waals surface area contributed by atoms with E-state index in [1.165, 1.54) is 4.90 Å². The standard InChI is InChI=1S/C26H22N4O5/c1-13(31)21-20-9-18(23(26(34)35)30(20)25(21)33)14-7-15(10-29-12-28(2)11-27-29)22-19(8-14)16-5-3-4-6-17(16)24(22)32/h3-8,11-13,20-21,31H,9-10H2,1-2H3/p+1/t13-,20-,21-/m1/s1. The van der Waals surface area contributed by atoms with Crippen LogP contribution < -0.4 is 4.57 Å². The summed E-state index contributed by atoms with van der Waals surface area (Å²) < 4.78 is 3.52. The van der Waals surface area contributed by atoms with E-state index in [0.717, 1.165) is 16.7 Å². The normalized spacial score (nSPS) is 21.1. The van der Waals surface area contributed by atoms with Crippen molar-refractivity contribution in [3.63, 3.8) is 0 Å². The first-order valence-corrected chi connectivity index (χ1v) is 11.4. The first-order valence-electron chi connectivity index (χ1n) is 11.4.